The zero-order chi connectivity index (χ0) is 19.9. The van der Waals surface area contributed by atoms with E-state index >= 15 is 0 Å². The van der Waals surface area contributed by atoms with Crippen molar-refractivity contribution in [1.82, 2.24) is 5.32 Å². The summed E-state index contributed by atoms with van der Waals surface area (Å²) in [4.78, 5) is 23.9. The van der Waals surface area contributed by atoms with Gasteiger partial charge in [0.15, 0.2) is 9.84 Å². The van der Waals surface area contributed by atoms with Crippen LogP contribution in [0, 0.1) is 0 Å². The molecule has 0 aromatic carbocycles. The van der Waals surface area contributed by atoms with E-state index in [0.29, 0.717) is 0 Å². The smallest absolute Gasteiger partial charge is 0.408 e. The van der Waals surface area contributed by atoms with Crippen LogP contribution in [0.1, 0.15) is 48.0 Å². The third kappa shape index (κ3) is 15.4. The van der Waals surface area contributed by atoms with Gasteiger partial charge in [-0.05, 0) is 41.5 Å². The van der Waals surface area contributed by atoms with Crippen molar-refractivity contribution in [2.75, 3.05) is 6.26 Å². The Morgan fingerprint density at radius 1 is 1.00 bits per heavy atom. The lowest BCUT2D eigenvalue weighted by Gasteiger charge is -2.23. The molecule has 0 saturated heterocycles. The second-order valence-corrected chi connectivity index (χ2v) is 9.52. The van der Waals surface area contributed by atoms with Crippen LogP contribution in [0.5, 0.6) is 0 Å². The summed E-state index contributed by atoms with van der Waals surface area (Å²) in [5, 5.41) is 3.57. The van der Waals surface area contributed by atoms with E-state index in [0.717, 1.165) is 11.7 Å². The molecular formula is C17H29NO6S. The fourth-order valence-electron chi connectivity index (χ4n) is 1.58. The van der Waals surface area contributed by atoms with Gasteiger partial charge in [0.2, 0.25) is 0 Å². The Balaban J connectivity index is 5.04. The molecule has 0 aliphatic rings. The zero-order valence-electron chi connectivity index (χ0n) is 16.0. The largest absolute Gasteiger partial charge is 0.460 e. The minimum atomic E-state index is -3.25. The molecular weight excluding hydrogens is 346 g/mol. The van der Waals surface area contributed by atoms with Gasteiger partial charge in [-0.2, -0.15) is 0 Å². The van der Waals surface area contributed by atoms with Crippen molar-refractivity contribution in [3.63, 3.8) is 0 Å². The Kier molecular flexibility index (Phi) is 8.37. The fraction of sp³-hybridized carbons (Fsp3) is 0.647. The molecule has 0 aromatic rings. The molecule has 1 N–H and O–H groups in total. The SMILES string of the molecule is CC(C)(C)OC(=O)C[C@@H](/C=C/C=C/S(C)(=O)=O)NC(=O)OC(C)(C)C. The van der Waals surface area contributed by atoms with E-state index in [1.54, 1.807) is 41.5 Å². The number of ether oxygens (including phenoxy) is 2. The predicted molar refractivity (Wildman–Crippen MR) is 96.7 cm³/mol. The highest BCUT2D eigenvalue weighted by atomic mass is 32.2. The van der Waals surface area contributed by atoms with Crippen molar-refractivity contribution in [3.8, 4) is 0 Å². The van der Waals surface area contributed by atoms with Crippen LogP contribution in [0.15, 0.2) is 23.6 Å². The first-order valence-corrected chi connectivity index (χ1v) is 9.79. The molecule has 0 heterocycles. The number of hydrogen-bond donors (Lipinski definition) is 1. The van der Waals surface area contributed by atoms with Gasteiger partial charge in [-0.3, -0.25) is 4.79 Å². The van der Waals surface area contributed by atoms with Gasteiger partial charge in [0.05, 0.1) is 12.5 Å². The van der Waals surface area contributed by atoms with Gasteiger partial charge in [-0.25, -0.2) is 13.2 Å². The molecule has 144 valence electrons. The molecule has 8 heteroatoms. The number of allylic oxidation sites excluding steroid dienone is 2. The molecule has 0 aromatic heterocycles. The highest BCUT2D eigenvalue weighted by Crippen LogP contribution is 2.11. The van der Waals surface area contributed by atoms with Crippen molar-refractivity contribution < 1.29 is 27.5 Å². The minimum Gasteiger partial charge on any atom is -0.460 e. The van der Waals surface area contributed by atoms with E-state index in [2.05, 4.69) is 5.32 Å². The maximum Gasteiger partial charge on any atom is 0.408 e. The Morgan fingerprint density at radius 3 is 1.96 bits per heavy atom. The van der Waals surface area contributed by atoms with Crippen molar-refractivity contribution in [2.24, 2.45) is 0 Å². The molecule has 0 spiro atoms. The van der Waals surface area contributed by atoms with Crippen LogP contribution in [-0.2, 0) is 24.1 Å². The molecule has 1 atom stereocenters. The normalized spacial score (nSPS) is 14.5. The molecule has 0 unspecified atom stereocenters. The quantitative estimate of drug-likeness (QED) is 0.566. The number of alkyl carbamates (subject to hydrolysis) is 1. The van der Waals surface area contributed by atoms with Crippen molar-refractivity contribution in [1.29, 1.82) is 0 Å². The van der Waals surface area contributed by atoms with Gasteiger partial charge in [0.1, 0.15) is 11.2 Å². The van der Waals surface area contributed by atoms with E-state index in [1.807, 2.05) is 0 Å². The minimum absolute atomic E-state index is 0.111. The van der Waals surface area contributed by atoms with Crippen LogP contribution in [0.3, 0.4) is 0 Å². The van der Waals surface area contributed by atoms with Crippen LogP contribution < -0.4 is 5.32 Å². The van der Waals surface area contributed by atoms with E-state index in [4.69, 9.17) is 9.47 Å². The van der Waals surface area contributed by atoms with Gasteiger partial charge < -0.3 is 14.8 Å². The molecule has 0 radical (unpaired) electrons. The van der Waals surface area contributed by atoms with Crippen molar-refractivity contribution in [2.45, 2.75) is 65.2 Å². The van der Waals surface area contributed by atoms with Gasteiger partial charge in [-0.15, -0.1) is 0 Å². The van der Waals surface area contributed by atoms with Crippen molar-refractivity contribution in [3.05, 3.63) is 23.6 Å². The third-order valence-corrected chi connectivity index (χ3v) is 2.94. The van der Waals surface area contributed by atoms with E-state index in [-0.39, 0.29) is 6.42 Å². The van der Waals surface area contributed by atoms with Crippen LogP contribution in [-0.4, -0.2) is 44.0 Å². The number of rotatable bonds is 6. The summed E-state index contributed by atoms with van der Waals surface area (Å²) in [7, 11) is -3.25. The molecule has 25 heavy (non-hydrogen) atoms. The highest BCUT2D eigenvalue weighted by Gasteiger charge is 2.22. The monoisotopic (exact) mass is 375 g/mol. The fourth-order valence-corrected chi connectivity index (χ4v) is 1.95. The lowest BCUT2D eigenvalue weighted by molar-refractivity contribution is -0.155. The molecule has 1 amide bonds. The Labute approximate surface area is 150 Å². The summed E-state index contributed by atoms with van der Waals surface area (Å²) >= 11 is 0. The molecule has 0 fully saturated rings. The first kappa shape index (κ1) is 23.2. The second kappa shape index (κ2) is 9.03. The number of nitrogens with one attached hydrogen (secondary N) is 1. The maximum atomic E-state index is 12.0. The lowest BCUT2D eigenvalue weighted by Crippen LogP contribution is -2.40. The number of carbonyl (C=O) groups is 2. The average molecular weight is 375 g/mol. The van der Waals surface area contributed by atoms with Gasteiger partial charge >= 0.3 is 12.1 Å². The van der Waals surface area contributed by atoms with Gasteiger partial charge in [0, 0.05) is 11.7 Å². The first-order chi connectivity index (χ1) is 11.1. The van der Waals surface area contributed by atoms with Crippen LogP contribution >= 0.6 is 0 Å². The molecule has 0 saturated carbocycles. The number of esters is 1. The number of amides is 1. The molecule has 0 bridgehead atoms. The lowest BCUT2D eigenvalue weighted by atomic mass is 10.1. The highest BCUT2D eigenvalue weighted by molar-refractivity contribution is 7.93. The number of sulfone groups is 1. The first-order valence-electron chi connectivity index (χ1n) is 7.84. The summed E-state index contributed by atoms with van der Waals surface area (Å²) in [5.74, 6) is -0.495. The van der Waals surface area contributed by atoms with Crippen molar-refractivity contribution >= 4 is 21.9 Å². The topological polar surface area (TPSA) is 98.8 Å². The Bertz CT molecular complexity index is 591. The number of carbonyl (C=O) groups excluding carboxylic acids is 2. The summed E-state index contributed by atoms with van der Waals surface area (Å²) in [6.45, 7) is 10.4. The van der Waals surface area contributed by atoms with Crippen LogP contribution in [0.4, 0.5) is 4.79 Å². The second-order valence-electron chi connectivity index (χ2n) is 7.59. The summed E-state index contributed by atoms with van der Waals surface area (Å²) in [6.07, 6.45) is 4.52. The van der Waals surface area contributed by atoms with Gasteiger partial charge in [-0.1, -0.05) is 18.2 Å². The predicted octanol–water partition coefficient (Wildman–Crippen LogP) is 2.73. The average Bonchev–Trinajstić information content (AvgIpc) is 2.27. The Morgan fingerprint density at radius 2 is 1.52 bits per heavy atom. The maximum absolute atomic E-state index is 12.0. The molecule has 7 nitrogen and oxygen atoms in total. The summed E-state index contributed by atoms with van der Waals surface area (Å²) in [6, 6.07) is -0.700. The molecule has 0 aliphatic carbocycles. The van der Waals surface area contributed by atoms with E-state index in [1.165, 1.54) is 18.2 Å². The number of hydrogen-bond acceptors (Lipinski definition) is 6. The van der Waals surface area contributed by atoms with Crippen LogP contribution in [0.25, 0.3) is 0 Å². The molecule has 0 aliphatic heterocycles. The third-order valence-electron chi connectivity index (χ3n) is 2.29. The van der Waals surface area contributed by atoms with E-state index in [9.17, 15) is 18.0 Å². The summed E-state index contributed by atoms with van der Waals surface area (Å²) < 4.78 is 32.5. The molecule has 0 rings (SSSR count). The summed E-state index contributed by atoms with van der Waals surface area (Å²) in [5.41, 5.74) is -1.33. The van der Waals surface area contributed by atoms with Crippen LogP contribution in [0.2, 0.25) is 0 Å². The zero-order valence-corrected chi connectivity index (χ0v) is 16.8. The van der Waals surface area contributed by atoms with Gasteiger partial charge in [0.25, 0.3) is 0 Å². The standard InChI is InChI=1S/C17H29NO6S/c1-16(2,3)23-14(19)12-13(10-8-9-11-25(7,21)22)18-15(20)24-17(4,5)6/h8-11,13H,12H2,1-7H3,(H,18,20)/b10-8+,11-9+/t13-/m1/s1. The Hall–Kier alpha value is -1.83. The van der Waals surface area contributed by atoms with E-state index < -0.39 is 39.1 Å².